The molecule has 1 heterocycles. The number of aryl methyl sites for hydroxylation is 2. The number of nitrogens with zero attached hydrogens (tertiary/aromatic N) is 2. The zero-order valence-electron chi connectivity index (χ0n) is 12.9. The molecular formula is C15H29N3. The molecule has 0 aliphatic heterocycles. The van der Waals surface area contributed by atoms with E-state index in [4.69, 9.17) is 0 Å². The summed E-state index contributed by atoms with van der Waals surface area (Å²) >= 11 is 0. The maximum Gasteiger partial charge on any atom is 0.0644 e. The fourth-order valence-electron chi connectivity index (χ4n) is 2.80. The minimum Gasteiger partial charge on any atom is -0.310 e. The number of aromatic nitrogens is 2. The first-order valence-corrected chi connectivity index (χ1v) is 7.30. The predicted molar refractivity (Wildman–Crippen MR) is 77.8 cm³/mol. The Morgan fingerprint density at radius 2 is 1.78 bits per heavy atom. The van der Waals surface area contributed by atoms with E-state index in [9.17, 15) is 0 Å². The van der Waals surface area contributed by atoms with Gasteiger partial charge in [0.1, 0.15) is 0 Å². The third kappa shape index (κ3) is 3.14. The molecule has 1 rings (SSSR count). The van der Waals surface area contributed by atoms with E-state index in [0.717, 1.165) is 6.54 Å². The van der Waals surface area contributed by atoms with Crippen LogP contribution >= 0.6 is 0 Å². The van der Waals surface area contributed by atoms with Crippen molar-refractivity contribution in [2.45, 2.75) is 59.9 Å². The Kier molecular flexibility index (Phi) is 5.86. The maximum absolute atomic E-state index is 4.57. The van der Waals surface area contributed by atoms with E-state index in [1.54, 1.807) is 0 Å². The molecule has 3 nitrogen and oxygen atoms in total. The molecule has 0 saturated heterocycles. The Morgan fingerprint density at radius 1 is 1.17 bits per heavy atom. The number of hydrogen-bond acceptors (Lipinski definition) is 2. The van der Waals surface area contributed by atoms with Crippen LogP contribution in [0, 0.1) is 19.8 Å². The molecule has 0 bridgehead atoms. The summed E-state index contributed by atoms with van der Waals surface area (Å²) < 4.78 is 2.01. The van der Waals surface area contributed by atoms with Crippen molar-refractivity contribution in [2.75, 3.05) is 6.54 Å². The maximum atomic E-state index is 4.57. The van der Waals surface area contributed by atoms with Crippen molar-refractivity contribution in [3.8, 4) is 0 Å². The lowest BCUT2D eigenvalue weighted by Gasteiger charge is -2.27. The first-order chi connectivity index (χ1) is 8.56. The topological polar surface area (TPSA) is 29.9 Å². The Balaban J connectivity index is 3.07. The molecule has 1 N–H and O–H groups in total. The summed E-state index contributed by atoms with van der Waals surface area (Å²) in [4.78, 5) is 0. The molecule has 0 amide bonds. The number of hydrogen-bond donors (Lipinski definition) is 1. The smallest absolute Gasteiger partial charge is 0.0644 e. The van der Waals surface area contributed by atoms with Gasteiger partial charge in [0.25, 0.3) is 0 Å². The molecule has 0 aliphatic carbocycles. The quantitative estimate of drug-likeness (QED) is 0.803. The molecule has 0 saturated carbocycles. The molecular weight excluding hydrogens is 222 g/mol. The van der Waals surface area contributed by atoms with Crippen LogP contribution in [0.1, 0.15) is 63.0 Å². The van der Waals surface area contributed by atoms with E-state index in [0.29, 0.717) is 12.0 Å². The lowest BCUT2D eigenvalue weighted by molar-refractivity contribution is 0.339. The van der Waals surface area contributed by atoms with E-state index >= 15 is 0 Å². The van der Waals surface area contributed by atoms with Gasteiger partial charge in [-0.2, -0.15) is 5.10 Å². The molecule has 1 aromatic rings. The van der Waals surface area contributed by atoms with Crippen LogP contribution in [0.4, 0.5) is 0 Å². The molecule has 0 aliphatic rings. The van der Waals surface area contributed by atoms with Gasteiger partial charge in [-0.15, -0.1) is 0 Å². The molecule has 0 spiro atoms. The summed E-state index contributed by atoms with van der Waals surface area (Å²) in [5.41, 5.74) is 3.89. The fourth-order valence-corrected chi connectivity index (χ4v) is 2.80. The molecule has 1 aromatic heterocycles. The summed E-state index contributed by atoms with van der Waals surface area (Å²) in [5, 5.41) is 8.30. The van der Waals surface area contributed by atoms with Crippen LogP contribution in [-0.4, -0.2) is 16.3 Å². The zero-order valence-corrected chi connectivity index (χ0v) is 12.9. The van der Waals surface area contributed by atoms with Crippen LogP contribution < -0.4 is 5.32 Å². The fraction of sp³-hybridized carbons (Fsp3) is 0.800. The van der Waals surface area contributed by atoms with Crippen molar-refractivity contribution < 1.29 is 0 Å². The predicted octanol–water partition coefficient (Wildman–Crippen LogP) is 3.51. The third-order valence-electron chi connectivity index (χ3n) is 4.01. The SMILES string of the molecule is CCCNC(c1c(C)nn(C)c1C)C(CC)CC. The molecule has 18 heavy (non-hydrogen) atoms. The Labute approximate surface area is 112 Å². The van der Waals surface area contributed by atoms with E-state index in [2.05, 4.69) is 45.0 Å². The average Bonchev–Trinajstić information content (AvgIpc) is 2.60. The Morgan fingerprint density at radius 3 is 2.17 bits per heavy atom. The van der Waals surface area contributed by atoms with E-state index < -0.39 is 0 Å². The van der Waals surface area contributed by atoms with Crippen molar-refractivity contribution >= 4 is 0 Å². The summed E-state index contributed by atoms with van der Waals surface area (Å²) in [6, 6.07) is 0.452. The second-order valence-corrected chi connectivity index (χ2v) is 5.22. The highest BCUT2D eigenvalue weighted by Crippen LogP contribution is 2.31. The zero-order chi connectivity index (χ0) is 13.7. The highest BCUT2D eigenvalue weighted by molar-refractivity contribution is 5.28. The number of rotatable bonds is 7. The summed E-state index contributed by atoms with van der Waals surface area (Å²) in [5.74, 6) is 0.693. The van der Waals surface area contributed by atoms with Gasteiger partial charge >= 0.3 is 0 Å². The molecule has 0 aromatic carbocycles. The van der Waals surface area contributed by atoms with Gasteiger partial charge in [0, 0.05) is 24.3 Å². The number of nitrogens with one attached hydrogen (secondary N) is 1. The van der Waals surface area contributed by atoms with Crippen molar-refractivity contribution in [3.05, 3.63) is 17.0 Å². The summed E-state index contributed by atoms with van der Waals surface area (Å²) in [6.07, 6.45) is 3.60. The van der Waals surface area contributed by atoms with Gasteiger partial charge in [0.15, 0.2) is 0 Å². The van der Waals surface area contributed by atoms with Gasteiger partial charge in [-0.1, -0.05) is 33.6 Å². The van der Waals surface area contributed by atoms with Crippen LogP contribution in [0.25, 0.3) is 0 Å². The second kappa shape index (κ2) is 6.93. The van der Waals surface area contributed by atoms with E-state index in [1.165, 1.54) is 36.2 Å². The van der Waals surface area contributed by atoms with Crippen molar-refractivity contribution in [1.82, 2.24) is 15.1 Å². The van der Waals surface area contributed by atoms with Gasteiger partial charge in [-0.3, -0.25) is 4.68 Å². The summed E-state index contributed by atoms with van der Waals surface area (Å²) in [7, 11) is 2.04. The first kappa shape index (κ1) is 15.2. The molecule has 104 valence electrons. The summed E-state index contributed by atoms with van der Waals surface area (Å²) in [6.45, 7) is 12.2. The van der Waals surface area contributed by atoms with Gasteiger partial charge < -0.3 is 5.32 Å². The van der Waals surface area contributed by atoms with Crippen molar-refractivity contribution in [3.63, 3.8) is 0 Å². The second-order valence-electron chi connectivity index (χ2n) is 5.22. The molecule has 1 atom stereocenters. The van der Waals surface area contributed by atoms with Crippen LogP contribution in [0.5, 0.6) is 0 Å². The lowest BCUT2D eigenvalue weighted by Crippen LogP contribution is -2.29. The van der Waals surface area contributed by atoms with E-state index in [1.807, 2.05) is 11.7 Å². The minimum absolute atomic E-state index is 0.452. The van der Waals surface area contributed by atoms with Crippen LogP contribution in [-0.2, 0) is 7.05 Å². The van der Waals surface area contributed by atoms with Crippen molar-refractivity contribution in [2.24, 2.45) is 13.0 Å². The average molecular weight is 251 g/mol. The Bertz CT molecular complexity index is 364. The van der Waals surface area contributed by atoms with Crippen molar-refractivity contribution in [1.29, 1.82) is 0 Å². The molecule has 0 fully saturated rings. The highest BCUT2D eigenvalue weighted by Gasteiger charge is 2.25. The lowest BCUT2D eigenvalue weighted by atomic mass is 9.87. The third-order valence-corrected chi connectivity index (χ3v) is 4.01. The van der Waals surface area contributed by atoms with Gasteiger partial charge in [-0.25, -0.2) is 0 Å². The Hall–Kier alpha value is -0.830. The molecule has 0 radical (unpaired) electrons. The van der Waals surface area contributed by atoms with Crippen LogP contribution in [0.3, 0.4) is 0 Å². The van der Waals surface area contributed by atoms with Crippen LogP contribution in [0.2, 0.25) is 0 Å². The largest absolute Gasteiger partial charge is 0.310 e. The monoisotopic (exact) mass is 251 g/mol. The minimum atomic E-state index is 0.452. The van der Waals surface area contributed by atoms with Gasteiger partial charge in [0.05, 0.1) is 5.69 Å². The highest BCUT2D eigenvalue weighted by atomic mass is 15.3. The molecule has 3 heteroatoms. The molecule has 1 unspecified atom stereocenters. The standard InChI is InChI=1S/C15H29N3/c1-7-10-16-15(13(8-2)9-3)14-11(4)17-18(6)12(14)5/h13,15-16H,7-10H2,1-6H3. The van der Waals surface area contributed by atoms with Gasteiger partial charge in [-0.05, 0) is 32.7 Å². The normalized spacial score (nSPS) is 13.3. The first-order valence-electron chi connectivity index (χ1n) is 7.30. The van der Waals surface area contributed by atoms with E-state index in [-0.39, 0.29) is 0 Å². The van der Waals surface area contributed by atoms with Gasteiger partial charge in [0.2, 0.25) is 0 Å². The van der Waals surface area contributed by atoms with Crippen LogP contribution in [0.15, 0.2) is 0 Å².